The quantitative estimate of drug-likeness (QED) is 0.629. The molecule has 0 aliphatic carbocycles. The summed E-state index contributed by atoms with van der Waals surface area (Å²) in [5.74, 6) is 4.77. The molecule has 0 saturated carbocycles. The van der Waals surface area contributed by atoms with Crippen molar-refractivity contribution in [1.82, 2.24) is 5.32 Å². The molecule has 20 heavy (non-hydrogen) atoms. The Morgan fingerprint density at radius 1 is 1.30 bits per heavy atom. The molecule has 1 saturated heterocycles. The Morgan fingerprint density at radius 3 is 2.60 bits per heavy atom. The molecular formula is C15H31NO2S2. The molecule has 0 aromatic carbocycles. The summed E-state index contributed by atoms with van der Waals surface area (Å²) in [6.45, 7) is 8.62. The van der Waals surface area contributed by atoms with E-state index in [1.165, 1.54) is 17.9 Å². The topological polar surface area (TPSA) is 46.2 Å². The first kappa shape index (κ1) is 18.3. The lowest BCUT2D eigenvalue weighted by Gasteiger charge is -2.23. The molecule has 0 bridgehead atoms. The number of hydrogen-bond acceptors (Lipinski definition) is 4. The SMILES string of the molecule is CCSCCCC(CNCC(C)C)C1CCS(=O)(=O)C1. The smallest absolute Gasteiger partial charge is 0.150 e. The van der Waals surface area contributed by atoms with Crippen LogP contribution >= 0.6 is 11.8 Å². The Labute approximate surface area is 129 Å². The third-order valence-electron chi connectivity index (χ3n) is 3.96. The molecule has 120 valence electrons. The van der Waals surface area contributed by atoms with Crippen LogP contribution in [0.4, 0.5) is 0 Å². The Hall–Kier alpha value is 0.260. The fourth-order valence-corrected chi connectivity index (χ4v) is 5.43. The Kier molecular flexibility index (Phi) is 8.53. The van der Waals surface area contributed by atoms with E-state index in [0.717, 1.165) is 25.9 Å². The van der Waals surface area contributed by atoms with Crippen molar-refractivity contribution >= 4 is 21.6 Å². The van der Waals surface area contributed by atoms with Gasteiger partial charge in [-0.25, -0.2) is 8.42 Å². The molecule has 3 nitrogen and oxygen atoms in total. The second kappa shape index (κ2) is 9.31. The van der Waals surface area contributed by atoms with E-state index in [4.69, 9.17) is 0 Å². The summed E-state index contributed by atoms with van der Waals surface area (Å²) in [6.07, 6.45) is 3.25. The lowest BCUT2D eigenvalue weighted by Crippen LogP contribution is -2.31. The van der Waals surface area contributed by atoms with E-state index < -0.39 is 9.84 Å². The summed E-state index contributed by atoms with van der Waals surface area (Å²) in [5.41, 5.74) is 0. The van der Waals surface area contributed by atoms with Gasteiger partial charge in [-0.1, -0.05) is 20.8 Å². The van der Waals surface area contributed by atoms with Crippen LogP contribution in [-0.2, 0) is 9.84 Å². The molecule has 1 fully saturated rings. The predicted molar refractivity (Wildman–Crippen MR) is 90.2 cm³/mol. The van der Waals surface area contributed by atoms with Gasteiger partial charge in [-0.3, -0.25) is 0 Å². The van der Waals surface area contributed by atoms with Gasteiger partial charge in [-0.15, -0.1) is 0 Å². The summed E-state index contributed by atoms with van der Waals surface area (Å²) in [4.78, 5) is 0. The number of nitrogens with one attached hydrogen (secondary N) is 1. The minimum Gasteiger partial charge on any atom is -0.316 e. The van der Waals surface area contributed by atoms with Gasteiger partial charge in [0.25, 0.3) is 0 Å². The predicted octanol–water partition coefficient (Wildman–Crippen LogP) is 2.82. The molecule has 2 atom stereocenters. The van der Waals surface area contributed by atoms with E-state index in [0.29, 0.717) is 29.3 Å². The monoisotopic (exact) mass is 321 g/mol. The van der Waals surface area contributed by atoms with Gasteiger partial charge in [0.15, 0.2) is 9.84 Å². The van der Waals surface area contributed by atoms with Crippen LogP contribution in [0.15, 0.2) is 0 Å². The maximum Gasteiger partial charge on any atom is 0.150 e. The molecule has 1 N–H and O–H groups in total. The number of thioether (sulfide) groups is 1. The van der Waals surface area contributed by atoms with E-state index in [2.05, 4.69) is 26.1 Å². The second-order valence-corrected chi connectivity index (χ2v) is 9.94. The van der Waals surface area contributed by atoms with Gasteiger partial charge in [-0.2, -0.15) is 11.8 Å². The molecule has 1 heterocycles. The lowest BCUT2D eigenvalue weighted by molar-refractivity contribution is 0.318. The Balaban J connectivity index is 2.41. The zero-order valence-corrected chi connectivity index (χ0v) is 14.9. The van der Waals surface area contributed by atoms with Crippen LogP contribution in [0.1, 0.15) is 40.0 Å². The average Bonchev–Trinajstić information content (AvgIpc) is 2.72. The van der Waals surface area contributed by atoms with Gasteiger partial charge >= 0.3 is 0 Å². The second-order valence-electron chi connectivity index (χ2n) is 6.31. The summed E-state index contributed by atoms with van der Waals surface area (Å²) in [7, 11) is -2.75. The highest BCUT2D eigenvalue weighted by Gasteiger charge is 2.33. The van der Waals surface area contributed by atoms with E-state index in [1.807, 2.05) is 11.8 Å². The maximum atomic E-state index is 11.7. The van der Waals surface area contributed by atoms with Crippen LogP contribution in [0.5, 0.6) is 0 Å². The molecule has 0 spiro atoms. The minimum absolute atomic E-state index is 0.381. The Morgan fingerprint density at radius 2 is 2.05 bits per heavy atom. The highest BCUT2D eigenvalue weighted by Crippen LogP contribution is 2.29. The van der Waals surface area contributed by atoms with E-state index >= 15 is 0 Å². The molecule has 0 amide bonds. The van der Waals surface area contributed by atoms with Crippen molar-refractivity contribution in [2.45, 2.75) is 40.0 Å². The number of rotatable bonds is 10. The maximum absolute atomic E-state index is 11.7. The minimum atomic E-state index is -2.75. The van der Waals surface area contributed by atoms with Crippen molar-refractivity contribution < 1.29 is 8.42 Å². The largest absolute Gasteiger partial charge is 0.316 e. The first-order valence-corrected chi connectivity index (χ1v) is 10.9. The van der Waals surface area contributed by atoms with Gasteiger partial charge in [0.1, 0.15) is 0 Å². The fraction of sp³-hybridized carbons (Fsp3) is 1.00. The number of hydrogen-bond donors (Lipinski definition) is 1. The third-order valence-corrected chi connectivity index (χ3v) is 6.74. The molecule has 1 rings (SSSR count). The molecule has 1 aliphatic rings. The van der Waals surface area contributed by atoms with Crippen LogP contribution in [0.3, 0.4) is 0 Å². The van der Waals surface area contributed by atoms with Crippen LogP contribution in [0, 0.1) is 17.8 Å². The van der Waals surface area contributed by atoms with Crippen molar-refractivity contribution in [2.24, 2.45) is 17.8 Å². The molecule has 0 radical (unpaired) electrons. The summed E-state index contributed by atoms with van der Waals surface area (Å²) in [5, 5.41) is 3.53. The normalized spacial score (nSPS) is 23.3. The first-order valence-electron chi connectivity index (χ1n) is 7.93. The highest BCUT2D eigenvalue weighted by atomic mass is 32.2. The van der Waals surface area contributed by atoms with Gasteiger partial charge in [-0.05, 0) is 61.6 Å². The first-order chi connectivity index (χ1) is 9.44. The molecular weight excluding hydrogens is 290 g/mol. The van der Waals surface area contributed by atoms with Crippen molar-refractivity contribution in [3.63, 3.8) is 0 Å². The molecule has 5 heteroatoms. The van der Waals surface area contributed by atoms with E-state index in [9.17, 15) is 8.42 Å². The summed E-state index contributed by atoms with van der Waals surface area (Å²) < 4.78 is 23.4. The molecule has 0 aromatic rings. The van der Waals surface area contributed by atoms with Crippen LogP contribution in [-0.4, -0.2) is 44.5 Å². The van der Waals surface area contributed by atoms with Crippen molar-refractivity contribution in [1.29, 1.82) is 0 Å². The molecule has 2 unspecified atom stereocenters. The lowest BCUT2D eigenvalue weighted by atomic mass is 9.88. The summed E-state index contributed by atoms with van der Waals surface area (Å²) in [6, 6.07) is 0. The van der Waals surface area contributed by atoms with Crippen LogP contribution in [0.2, 0.25) is 0 Å². The van der Waals surface area contributed by atoms with Crippen molar-refractivity contribution in [3.8, 4) is 0 Å². The van der Waals surface area contributed by atoms with Crippen molar-refractivity contribution in [3.05, 3.63) is 0 Å². The molecule has 1 aliphatic heterocycles. The highest BCUT2D eigenvalue weighted by molar-refractivity contribution is 7.99. The van der Waals surface area contributed by atoms with Gasteiger partial charge in [0.2, 0.25) is 0 Å². The molecule has 0 aromatic heterocycles. The van der Waals surface area contributed by atoms with Gasteiger partial charge in [0.05, 0.1) is 11.5 Å². The fourth-order valence-electron chi connectivity index (χ4n) is 2.85. The van der Waals surface area contributed by atoms with E-state index in [-0.39, 0.29) is 0 Å². The summed E-state index contributed by atoms with van der Waals surface area (Å²) >= 11 is 1.98. The Bertz CT molecular complexity index is 355. The van der Waals surface area contributed by atoms with Crippen LogP contribution in [0.25, 0.3) is 0 Å². The standard InChI is InChI=1S/C15H31NO2S2/c1-4-19-8-5-6-14(11-16-10-13(2)3)15-7-9-20(17,18)12-15/h13-16H,4-12H2,1-3H3. The average molecular weight is 322 g/mol. The van der Waals surface area contributed by atoms with E-state index in [1.54, 1.807) is 0 Å². The zero-order valence-electron chi connectivity index (χ0n) is 13.2. The number of sulfone groups is 1. The van der Waals surface area contributed by atoms with Crippen LogP contribution < -0.4 is 5.32 Å². The van der Waals surface area contributed by atoms with Gasteiger partial charge < -0.3 is 5.32 Å². The zero-order chi connectivity index (χ0) is 15.0. The van der Waals surface area contributed by atoms with Crippen molar-refractivity contribution in [2.75, 3.05) is 36.1 Å². The third kappa shape index (κ3) is 7.32. The van der Waals surface area contributed by atoms with Gasteiger partial charge in [0, 0.05) is 0 Å².